The maximum Gasteiger partial charge on any atom is 0.235 e. The quantitative estimate of drug-likeness (QED) is 0.793. The van der Waals surface area contributed by atoms with Gasteiger partial charge >= 0.3 is 0 Å². The van der Waals surface area contributed by atoms with Crippen molar-refractivity contribution in [3.05, 3.63) is 5.82 Å². The van der Waals surface area contributed by atoms with Crippen molar-refractivity contribution in [3.8, 4) is 0 Å². The lowest BCUT2D eigenvalue weighted by atomic mass is 10.8. The summed E-state index contributed by atoms with van der Waals surface area (Å²) in [5.74, 6) is 0.494. The molecule has 0 atom stereocenters. The fraction of sp³-hybridized carbons (Fsp3) is 0.600. The van der Waals surface area contributed by atoms with E-state index in [4.69, 9.17) is 11.6 Å². The van der Waals surface area contributed by atoms with Crippen molar-refractivity contribution in [2.45, 2.75) is 6.92 Å². The summed E-state index contributed by atoms with van der Waals surface area (Å²) in [6.45, 7) is 1.69. The van der Waals surface area contributed by atoms with Crippen molar-refractivity contribution in [2.24, 2.45) is 0 Å². The van der Waals surface area contributed by atoms with Crippen LogP contribution in [0.25, 0.3) is 0 Å². The van der Waals surface area contributed by atoms with E-state index in [1.165, 1.54) is 0 Å². The Balaban J connectivity index is 2.69. The van der Waals surface area contributed by atoms with E-state index in [1.54, 1.807) is 6.92 Å². The lowest BCUT2D eigenvalue weighted by Crippen LogP contribution is -2.17. The number of halogens is 1. The highest BCUT2D eigenvalue weighted by atomic mass is 35.5. The first-order valence-corrected chi connectivity index (χ1v) is 6.36. The van der Waals surface area contributed by atoms with Crippen LogP contribution < -0.4 is 4.72 Å². The molecule has 0 bridgehead atoms. The molecular formula is C5H8ClN3O2S2. The van der Waals surface area contributed by atoms with Gasteiger partial charge < -0.3 is 0 Å². The Morgan fingerprint density at radius 1 is 1.62 bits per heavy atom. The molecule has 5 nitrogen and oxygen atoms in total. The molecular weight excluding hydrogens is 234 g/mol. The van der Waals surface area contributed by atoms with Gasteiger partial charge in [0, 0.05) is 17.4 Å². The molecule has 0 spiro atoms. The van der Waals surface area contributed by atoms with Crippen LogP contribution >= 0.6 is 23.1 Å². The van der Waals surface area contributed by atoms with E-state index in [9.17, 15) is 8.42 Å². The zero-order chi connectivity index (χ0) is 9.90. The summed E-state index contributed by atoms with van der Waals surface area (Å²) in [6.07, 6.45) is 0. The second kappa shape index (κ2) is 4.21. The first-order valence-electron chi connectivity index (χ1n) is 3.40. The van der Waals surface area contributed by atoms with Crippen molar-refractivity contribution in [1.82, 2.24) is 9.36 Å². The van der Waals surface area contributed by atoms with E-state index in [-0.39, 0.29) is 16.8 Å². The zero-order valence-electron chi connectivity index (χ0n) is 6.82. The van der Waals surface area contributed by atoms with Gasteiger partial charge in [-0.15, -0.1) is 11.6 Å². The smallest absolute Gasteiger partial charge is 0.235 e. The first-order chi connectivity index (χ1) is 6.03. The predicted molar refractivity (Wildman–Crippen MR) is 52.8 cm³/mol. The van der Waals surface area contributed by atoms with Crippen molar-refractivity contribution in [1.29, 1.82) is 0 Å². The van der Waals surface area contributed by atoms with Crippen molar-refractivity contribution in [2.75, 3.05) is 16.4 Å². The number of sulfonamides is 1. The van der Waals surface area contributed by atoms with Crippen LogP contribution in [0, 0.1) is 6.92 Å². The van der Waals surface area contributed by atoms with Crippen molar-refractivity contribution < 1.29 is 8.42 Å². The van der Waals surface area contributed by atoms with Crippen LogP contribution in [0.4, 0.5) is 5.13 Å². The fourth-order valence-corrected chi connectivity index (χ4v) is 2.81. The summed E-state index contributed by atoms with van der Waals surface area (Å²) in [5.41, 5.74) is 0. The van der Waals surface area contributed by atoms with Gasteiger partial charge in [0.15, 0.2) is 0 Å². The highest BCUT2D eigenvalue weighted by Crippen LogP contribution is 2.11. The summed E-state index contributed by atoms with van der Waals surface area (Å²) in [6, 6.07) is 0. The van der Waals surface area contributed by atoms with Crippen LogP contribution in [0.2, 0.25) is 0 Å². The summed E-state index contributed by atoms with van der Waals surface area (Å²) < 4.78 is 28.4. The third kappa shape index (κ3) is 3.45. The van der Waals surface area contributed by atoms with E-state index < -0.39 is 10.0 Å². The minimum Gasteiger partial charge on any atom is -0.257 e. The molecule has 1 aromatic rings. The molecule has 1 aromatic heterocycles. The van der Waals surface area contributed by atoms with Gasteiger partial charge in [0.1, 0.15) is 5.82 Å². The normalized spacial score (nSPS) is 11.5. The third-order valence-electron chi connectivity index (χ3n) is 1.12. The molecule has 74 valence electrons. The summed E-state index contributed by atoms with van der Waals surface area (Å²) in [4.78, 5) is 3.85. The van der Waals surface area contributed by atoms with E-state index in [1.807, 2.05) is 0 Å². The van der Waals surface area contributed by atoms with Gasteiger partial charge in [-0.2, -0.15) is 4.37 Å². The number of rotatable bonds is 4. The number of nitrogens with one attached hydrogen (secondary N) is 1. The van der Waals surface area contributed by atoms with Crippen molar-refractivity contribution in [3.63, 3.8) is 0 Å². The van der Waals surface area contributed by atoms with Crippen LogP contribution in [0.5, 0.6) is 0 Å². The minimum atomic E-state index is -3.35. The number of nitrogens with zero attached hydrogens (tertiary/aromatic N) is 2. The van der Waals surface area contributed by atoms with E-state index >= 15 is 0 Å². The average molecular weight is 242 g/mol. The van der Waals surface area contributed by atoms with Gasteiger partial charge in [-0.1, -0.05) is 0 Å². The molecule has 8 heteroatoms. The lowest BCUT2D eigenvalue weighted by Gasteiger charge is -2.00. The highest BCUT2D eigenvalue weighted by Gasteiger charge is 2.11. The minimum absolute atomic E-state index is 0.0626. The van der Waals surface area contributed by atoms with Crippen LogP contribution in [0.15, 0.2) is 0 Å². The van der Waals surface area contributed by atoms with E-state index in [0.29, 0.717) is 5.82 Å². The molecule has 0 aromatic carbocycles. The van der Waals surface area contributed by atoms with E-state index in [2.05, 4.69) is 14.1 Å². The average Bonchev–Trinajstić information content (AvgIpc) is 2.34. The molecule has 0 amide bonds. The van der Waals surface area contributed by atoms with E-state index in [0.717, 1.165) is 11.5 Å². The Morgan fingerprint density at radius 2 is 2.31 bits per heavy atom. The largest absolute Gasteiger partial charge is 0.257 e. The summed E-state index contributed by atoms with van der Waals surface area (Å²) >= 11 is 6.31. The molecule has 0 fully saturated rings. The number of hydrogen-bond acceptors (Lipinski definition) is 5. The molecule has 0 radical (unpaired) electrons. The number of hydrogen-bond donors (Lipinski definition) is 1. The Bertz CT molecular complexity index is 375. The van der Waals surface area contributed by atoms with Crippen LogP contribution in [-0.4, -0.2) is 29.4 Å². The molecule has 0 unspecified atom stereocenters. The molecule has 1 N–H and O–H groups in total. The Morgan fingerprint density at radius 3 is 2.77 bits per heavy atom. The molecule has 0 aliphatic carbocycles. The number of aryl methyl sites for hydroxylation is 1. The van der Waals surface area contributed by atoms with Gasteiger partial charge in [0.05, 0.1) is 5.75 Å². The lowest BCUT2D eigenvalue weighted by molar-refractivity contribution is 0.602. The second-order valence-electron chi connectivity index (χ2n) is 2.26. The van der Waals surface area contributed by atoms with Gasteiger partial charge in [-0.05, 0) is 6.92 Å². The monoisotopic (exact) mass is 241 g/mol. The Labute approximate surface area is 85.4 Å². The topological polar surface area (TPSA) is 72.0 Å². The van der Waals surface area contributed by atoms with Gasteiger partial charge in [0.25, 0.3) is 0 Å². The number of anilines is 1. The Hall–Kier alpha value is -0.400. The second-order valence-corrected chi connectivity index (χ2v) is 5.23. The number of aromatic nitrogens is 2. The standard InChI is InChI=1S/C5H8ClN3O2S2/c1-4-7-5(12-8-4)9-13(10,11)3-2-6/h2-3H2,1H3,(H,7,8,9). The van der Waals surface area contributed by atoms with Gasteiger partial charge in [-0.3, -0.25) is 4.72 Å². The molecule has 0 saturated heterocycles. The van der Waals surface area contributed by atoms with Crippen LogP contribution in [0.3, 0.4) is 0 Å². The maximum absolute atomic E-state index is 11.2. The summed E-state index contributed by atoms with van der Waals surface area (Å²) in [7, 11) is -3.35. The predicted octanol–water partition coefficient (Wildman–Crippen LogP) is 0.827. The van der Waals surface area contributed by atoms with Gasteiger partial charge in [-0.25, -0.2) is 13.4 Å². The first kappa shape index (κ1) is 10.7. The zero-order valence-corrected chi connectivity index (χ0v) is 9.21. The van der Waals surface area contributed by atoms with Crippen LogP contribution in [-0.2, 0) is 10.0 Å². The van der Waals surface area contributed by atoms with Crippen LogP contribution in [0.1, 0.15) is 5.82 Å². The molecule has 1 rings (SSSR count). The fourth-order valence-electron chi connectivity index (χ4n) is 0.624. The highest BCUT2D eigenvalue weighted by molar-refractivity contribution is 7.92. The maximum atomic E-state index is 11.2. The molecule has 13 heavy (non-hydrogen) atoms. The third-order valence-corrected chi connectivity index (χ3v) is 3.63. The molecule has 0 aliphatic heterocycles. The molecule has 1 heterocycles. The summed E-state index contributed by atoms with van der Waals surface area (Å²) in [5, 5.41) is 0.280. The molecule has 0 aliphatic rings. The van der Waals surface area contributed by atoms with Crippen molar-refractivity contribution >= 4 is 38.3 Å². The number of alkyl halides is 1. The SMILES string of the molecule is Cc1nsc(NS(=O)(=O)CCCl)n1. The molecule has 0 saturated carbocycles. The Kier molecular flexibility index (Phi) is 3.46. The van der Waals surface area contributed by atoms with Gasteiger partial charge in [0.2, 0.25) is 15.2 Å².